The van der Waals surface area contributed by atoms with E-state index in [1.54, 1.807) is 0 Å². The first-order valence-electron chi connectivity index (χ1n) is 12.9. The van der Waals surface area contributed by atoms with Gasteiger partial charge in [-0.15, -0.1) is 0 Å². The highest BCUT2D eigenvalue weighted by molar-refractivity contribution is 5.90. The van der Waals surface area contributed by atoms with Crippen molar-refractivity contribution in [2.75, 3.05) is 13.1 Å². The van der Waals surface area contributed by atoms with Crippen molar-refractivity contribution in [3.63, 3.8) is 0 Å². The first-order valence-corrected chi connectivity index (χ1v) is 12.9. The summed E-state index contributed by atoms with van der Waals surface area (Å²) in [5, 5.41) is 7.03. The molecule has 0 spiro atoms. The summed E-state index contributed by atoms with van der Waals surface area (Å²) in [4.78, 5) is 31.3. The molecule has 3 atom stereocenters. The first-order chi connectivity index (χ1) is 17.3. The van der Waals surface area contributed by atoms with Crippen molar-refractivity contribution < 1.29 is 14.3 Å². The summed E-state index contributed by atoms with van der Waals surface area (Å²) < 4.78 is 5.83. The monoisotopic (exact) mass is 490 g/mol. The summed E-state index contributed by atoms with van der Waals surface area (Å²) in [5.41, 5.74) is 4.29. The highest BCUT2D eigenvalue weighted by atomic mass is 16.5. The number of amides is 2. The molecule has 1 saturated heterocycles. The number of hydrogen-bond donors (Lipinski definition) is 3. The van der Waals surface area contributed by atoms with Crippen LogP contribution in [0.1, 0.15) is 44.4 Å². The lowest BCUT2D eigenvalue weighted by Crippen LogP contribution is -2.48. The number of fused-ring (bicyclic) bond motifs is 1. The average Bonchev–Trinajstić information content (AvgIpc) is 3.25. The van der Waals surface area contributed by atoms with Gasteiger partial charge in [0.05, 0.1) is 12.2 Å². The van der Waals surface area contributed by atoms with Crippen molar-refractivity contribution in [1.29, 1.82) is 0 Å². The Kier molecular flexibility index (Phi) is 8.44. The molecule has 3 aromatic rings. The van der Waals surface area contributed by atoms with Crippen molar-refractivity contribution in [3.05, 3.63) is 71.4 Å². The van der Waals surface area contributed by atoms with Gasteiger partial charge in [-0.3, -0.25) is 14.5 Å². The molecule has 0 radical (unpaired) electrons. The molecule has 2 heterocycles. The van der Waals surface area contributed by atoms with E-state index in [0.717, 1.165) is 41.7 Å². The number of morpholine rings is 1. The minimum Gasteiger partial charge on any atom is -0.373 e. The highest BCUT2D eigenvalue weighted by Crippen LogP contribution is 2.20. The topological polar surface area (TPSA) is 86.5 Å². The molecule has 3 unspecified atom stereocenters. The minimum atomic E-state index is -0.649. The lowest BCUT2D eigenvalue weighted by atomic mass is 10.0. The average molecular weight is 491 g/mol. The van der Waals surface area contributed by atoms with Gasteiger partial charge in [0.2, 0.25) is 11.8 Å². The van der Waals surface area contributed by atoms with E-state index < -0.39 is 6.04 Å². The zero-order valence-electron chi connectivity index (χ0n) is 21.7. The predicted octanol–water partition coefficient (Wildman–Crippen LogP) is 3.78. The molecule has 2 aromatic carbocycles. The molecule has 192 valence electrons. The number of hydrogen-bond acceptors (Lipinski definition) is 4. The van der Waals surface area contributed by atoms with E-state index in [0.29, 0.717) is 13.0 Å². The van der Waals surface area contributed by atoms with Crippen LogP contribution in [0.15, 0.2) is 54.7 Å². The van der Waals surface area contributed by atoms with E-state index in [1.807, 2.05) is 44.3 Å². The molecule has 7 heteroatoms. The third kappa shape index (κ3) is 6.74. The molecular formula is C29H38N4O3. The van der Waals surface area contributed by atoms with Gasteiger partial charge >= 0.3 is 0 Å². The first kappa shape index (κ1) is 25.9. The number of carbonyl (C=O) groups is 2. The van der Waals surface area contributed by atoms with Crippen LogP contribution < -0.4 is 10.6 Å². The number of carbonyl (C=O) groups excluding carboxylic acids is 2. The van der Waals surface area contributed by atoms with Crippen LogP contribution in [-0.4, -0.2) is 53.0 Å². The summed E-state index contributed by atoms with van der Waals surface area (Å²) >= 11 is 0. The third-order valence-electron chi connectivity index (χ3n) is 6.65. The Hall–Kier alpha value is -3.16. The van der Waals surface area contributed by atoms with Gasteiger partial charge < -0.3 is 20.4 Å². The fourth-order valence-corrected chi connectivity index (χ4v) is 4.81. The number of H-pyrrole nitrogens is 1. The molecule has 1 fully saturated rings. The maximum atomic E-state index is 13.2. The van der Waals surface area contributed by atoms with Crippen molar-refractivity contribution in [2.45, 2.75) is 65.5 Å². The van der Waals surface area contributed by atoms with Gasteiger partial charge in [-0.05, 0) is 36.6 Å². The van der Waals surface area contributed by atoms with Gasteiger partial charge in [0.1, 0.15) is 6.04 Å². The number of nitrogens with one attached hydrogen (secondary N) is 3. The Balaban J connectivity index is 1.37. The lowest BCUT2D eigenvalue weighted by Gasteiger charge is -2.35. The molecule has 36 heavy (non-hydrogen) atoms. The van der Waals surface area contributed by atoms with E-state index in [1.165, 1.54) is 5.56 Å². The highest BCUT2D eigenvalue weighted by Gasteiger charge is 2.24. The SMILES string of the molecule is CC1CN(Cc2ccc(CNC(=O)C(Cc3c[nH]c4ccccc34)NC(=O)C(C)C)cc2)CC(C)O1. The Morgan fingerprint density at radius 3 is 2.36 bits per heavy atom. The summed E-state index contributed by atoms with van der Waals surface area (Å²) in [5.74, 6) is -0.519. The van der Waals surface area contributed by atoms with Gasteiger partial charge in [0, 0.05) is 55.6 Å². The summed E-state index contributed by atoms with van der Waals surface area (Å²) in [7, 11) is 0. The molecule has 7 nitrogen and oxygen atoms in total. The van der Waals surface area contributed by atoms with Crippen LogP contribution >= 0.6 is 0 Å². The molecule has 1 aromatic heterocycles. The van der Waals surface area contributed by atoms with Crippen LogP contribution in [0.3, 0.4) is 0 Å². The van der Waals surface area contributed by atoms with Crippen LogP contribution in [-0.2, 0) is 33.8 Å². The molecule has 2 amide bonds. The molecule has 3 N–H and O–H groups in total. The number of aromatic nitrogens is 1. The predicted molar refractivity (Wildman–Crippen MR) is 142 cm³/mol. The largest absolute Gasteiger partial charge is 0.373 e. The third-order valence-corrected chi connectivity index (χ3v) is 6.65. The van der Waals surface area contributed by atoms with Crippen molar-refractivity contribution in [3.8, 4) is 0 Å². The minimum absolute atomic E-state index is 0.133. The molecule has 4 rings (SSSR count). The number of rotatable bonds is 9. The normalized spacial score (nSPS) is 19.4. The Labute approximate surface area is 213 Å². The van der Waals surface area contributed by atoms with E-state index in [4.69, 9.17) is 4.74 Å². The second kappa shape index (κ2) is 11.7. The van der Waals surface area contributed by atoms with E-state index in [2.05, 4.69) is 58.6 Å². The maximum absolute atomic E-state index is 13.2. The van der Waals surface area contributed by atoms with Crippen LogP contribution in [0.5, 0.6) is 0 Å². The van der Waals surface area contributed by atoms with Crippen LogP contribution in [0.25, 0.3) is 10.9 Å². The summed E-state index contributed by atoms with van der Waals surface area (Å²) in [6.07, 6.45) is 2.83. The van der Waals surface area contributed by atoms with Crippen molar-refractivity contribution in [2.24, 2.45) is 5.92 Å². The van der Waals surface area contributed by atoms with Crippen molar-refractivity contribution in [1.82, 2.24) is 20.5 Å². The van der Waals surface area contributed by atoms with Gasteiger partial charge in [-0.25, -0.2) is 0 Å². The Morgan fingerprint density at radius 2 is 1.67 bits per heavy atom. The van der Waals surface area contributed by atoms with Gasteiger partial charge in [0.25, 0.3) is 0 Å². The van der Waals surface area contributed by atoms with E-state index in [9.17, 15) is 9.59 Å². The number of ether oxygens (including phenoxy) is 1. The Morgan fingerprint density at radius 1 is 1.00 bits per heavy atom. The van der Waals surface area contributed by atoms with Crippen LogP contribution in [0.2, 0.25) is 0 Å². The number of aromatic amines is 1. The fraction of sp³-hybridized carbons (Fsp3) is 0.448. The molecular weight excluding hydrogens is 452 g/mol. The number of benzene rings is 2. The smallest absolute Gasteiger partial charge is 0.243 e. The lowest BCUT2D eigenvalue weighted by molar-refractivity contribution is -0.130. The molecule has 0 bridgehead atoms. The van der Waals surface area contributed by atoms with E-state index in [-0.39, 0.29) is 29.9 Å². The van der Waals surface area contributed by atoms with Crippen LogP contribution in [0.4, 0.5) is 0 Å². The standard InChI is InChI=1S/C29H38N4O3/c1-19(2)28(34)32-27(13-24-15-30-26-8-6-5-7-25(24)26)29(35)31-14-22-9-11-23(12-10-22)18-33-16-20(3)36-21(4)17-33/h5-12,15,19-21,27,30H,13-14,16-18H2,1-4H3,(H,31,35)(H,32,34). The zero-order chi connectivity index (χ0) is 25.7. The van der Waals surface area contributed by atoms with Crippen molar-refractivity contribution >= 4 is 22.7 Å². The molecule has 0 aliphatic carbocycles. The van der Waals surface area contributed by atoms with Gasteiger partial charge in [0.15, 0.2) is 0 Å². The summed E-state index contributed by atoms with van der Waals surface area (Å²) in [6.45, 7) is 11.1. The summed E-state index contributed by atoms with van der Waals surface area (Å²) in [6, 6.07) is 15.7. The number of para-hydroxylation sites is 1. The van der Waals surface area contributed by atoms with E-state index >= 15 is 0 Å². The fourth-order valence-electron chi connectivity index (χ4n) is 4.81. The number of nitrogens with zero attached hydrogens (tertiary/aromatic N) is 1. The maximum Gasteiger partial charge on any atom is 0.243 e. The molecule has 1 aliphatic heterocycles. The van der Waals surface area contributed by atoms with Gasteiger partial charge in [-0.1, -0.05) is 56.3 Å². The second-order valence-corrected chi connectivity index (χ2v) is 10.3. The Bertz CT molecular complexity index is 1160. The molecule has 1 aliphatic rings. The second-order valence-electron chi connectivity index (χ2n) is 10.3. The van der Waals surface area contributed by atoms with Gasteiger partial charge in [-0.2, -0.15) is 0 Å². The molecule has 0 saturated carbocycles. The van der Waals surface area contributed by atoms with Crippen LogP contribution in [0, 0.1) is 5.92 Å². The quantitative estimate of drug-likeness (QED) is 0.426. The zero-order valence-corrected chi connectivity index (χ0v) is 21.7.